The summed E-state index contributed by atoms with van der Waals surface area (Å²) in [4.78, 5) is 43.6. The third-order valence-electron chi connectivity index (χ3n) is 6.58. The molecule has 0 spiro atoms. The lowest BCUT2D eigenvalue weighted by atomic mass is 9.91. The van der Waals surface area contributed by atoms with Gasteiger partial charge in [-0.15, -0.1) is 0 Å². The standard InChI is InChI=1S/2C16H14O4/c1-10(11-2-6-13(7-3-11)15(17)18)12-4-8-14(9-5-12)16(19)20;1-10(11-4-2-6-13(8-11)15(17)18)12-5-3-7-14(9-12)16(19)20/h2*2-10H,1H3,(H,17,18)(H,19,20). The number of aromatic carboxylic acids is 4. The summed E-state index contributed by atoms with van der Waals surface area (Å²) in [7, 11) is 0. The van der Waals surface area contributed by atoms with E-state index >= 15 is 0 Å². The third kappa shape index (κ3) is 7.41. The fraction of sp³-hybridized carbons (Fsp3) is 0.125. The summed E-state index contributed by atoms with van der Waals surface area (Å²) in [5.74, 6) is -3.85. The fourth-order valence-electron chi connectivity index (χ4n) is 4.10. The summed E-state index contributed by atoms with van der Waals surface area (Å²) >= 11 is 0. The fourth-order valence-corrected chi connectivity index (χ4v) is 4.10. The van der Waals surface area contributed by atoms with E-state index in [1.165, 1.54) is 12.1 Å². The highest BCUT2D eigenvalue weighted by Gasteiger charge is 2.13. The van der Waals surface area contributed by atoms with Crippen LogP contribution in [0.15, 0.2) is 97.1 Å². The highest BCUT2D eigenvalue weighted by atomic mass is 16.4. The Kier molecular flexibility index (Phi) is 9.54. The summed E-state index contributed by atoms with van der Waals surface area (Å²) in [5, 5.41) is 35.7. The number of benzene rings is 4. The average molecular weight is 541 g/mol. The van der Waals surface area contributed by atoms with E-state index in [2.05, 4.69) is 0 Å². The Bertz CT molecular complexity index is 1410. The van der Waals surface area contributed by atoms with Crippen LogP contribution in [0.25, 0.3) is 0 Å². The molecule has 0 aliphatic heterocycles. The van der Waals surface area contributed by atoms with Crippen molar-refractivity contribution in [1.82, 2.24) is 0 Å². The van der Waals surface area contributed by atoms with Crippen molar-refractivity contribution >= 4 is 23.9 Å². The Labute approximate surface area is 230 Å². The number of carboxylic acids is 4. The predicted molar refractivity (Wildman–Crippen MR) is 149 cm³/mol. The van der Waals surface area contributed by atoms with Crippen molar-refractivity contribution in [2.75, 3.05) is 0 Å². The molecule has 204 valence electrons. The van der Waals surface area contributed by atoms with Gasteiger partial charge in [-0.2, -0.15) is 0 Å². The summed E-state index contributed by atoms with van der Waals surface area (Å²) in [6.45, 7) is 3.91. The molecule has 4 aromatic carbocycles. The summed E-state index contributed by atoms with van der Waals surface area (Å²) < 4.78 is 0. The lowest BCUT2D eigenvalue weighted by Crippen LogP contribution is -2.03. The van der Waals surface area contributed by atoms with Gasteiger partial charge in [0.2, 0.25) is 0 Å². The smallest absolute Gasteiger partial charge is 0.335 e. The molecule has 0 aromatic heterocycles. The van der Waals surface area contributed by atoms with E-state index in [9.17, 15) is 19.2 Å². The van der Waals surface area contributed by atoms with Gasteiger partial charge in [0.05, 0.1) is 22.3 Å². The quantitative estimate of drug-likeness (QED) is 0.199. The zero-order valence-electron chi connectivity index (χ0n) is 21.8. The van der Waals surface area contributed by atoms with Gasteiger partial charge in [-0.05, 0) is 70.8 Å². The minimum Gasteiger partial charge on any atom is -0.478 e. The van der Waals surface area contributed by atoms with Crippen molar-refractivity contribution in [3.05, 3.63) is 142 Å². The van der Waals surface area contributed by atoms with Crippen molar-refractivity contribution in [2.24, 2.45) is 0 Å². The van der Waals surface area contributed by atoms with E-state index in [1.807, 2.05) is 26.0 Å². The molecule has 0 amide bonds. The first-order valence-electron chi connectivity index (χ1n) is 12.3. The molecule has 4 N–H and O–H groups in total. The molecule has 4 rings (SSSR count). The maximum Gasteiger partial charge on any atom is 0.335 e. The first-order chi connectivity index (χ1) is 19.0. The minimum absolute atomic E-state index is 0.0701. The van der Waals surface area contributed by atoms with Gasteiger partial charge in [0, 0.05) is 11.8 Å². The molecule has 0 radical (unpaired) electrons. The normalized spacial score (nSPS) is 10.5. The van der Waals surface area contributed by atoms with Crippen LogP contribution in [0.3, 0.4) is 0 Å². The minimum atomic E-state index is -0.974. The molecule has 0 saturated carbocycles. The Morgan fingerprint density at radius 2 is 0.725 bits per heavy atom. The predicted octanol–water partition coefficient (Wildman–Crippen LogP) is 6.47. The van der Waals surface area contributed by atoms with Gasteiger partial charge in [0.1, 0.15) is 0 Å². The molecule has 0 bridgehead atoms. The molecule has 8 nitrogen and oxygen atoms in total. The molecule has 0 fully saturated rings. The molecule has 4 aromatic rings. The second-order valence-corrected chi connectivity index (χ2v) is 9.16. The Balaban J connectivity index is 0.000000220. The van der Waals surface area contributed by atoms with Crippen LogP contribution in [0.4, 0.5) is 0 Å². The van der Waals surface area contributed by atoms with E-state index in [4.69, 9.17) is 20.4 Å². The van der Waals surface area contributed by atoms with Crippen LogP contribution in [-0.2, 0) is 0 Å². The molecule has 0 atom stereocenters. The van der Waals surface area contributed by atoms with E-state index in [0.29, 0.717) is 0 Å². The van der Waals surface area contributed by atoms with Crippen molar-refractivity contribution in [3.8, 4) is 0 Å². The highest BCUT2D eigenvalue weighted by Crippen LogP contribution is 2.26. The number of carboxylic acid groups (broad SMARTS) is 4. The summed E-state index contributed by atoms with van der Waals surface area (Å²) in [6.07, 6.45) is 0. The molecule has 0 unspecified atom stereocenters. The molecular formula is C32H28O8. The molecule has 0 aliphatic rings. The van der Waals surface area contributed by atoms with Crippen LogP contribution in [-0.4, -0.2) is 44.3 Å². The van der Waals surface area contributed by atoms with Gasteiger partial charge in [0.25, 0.3) is 0 Å². The van der Waals surface area contributed by atoms with Gasteiger partial charge < -0.3 is 20.4 Å². The Morgan fingerprint density at radius 3 is 1.02 bits per heavy atom. The number of hydrogen-bond donors (Lipinski definition) is 4. The Hall–Kier alpha value is -5.24. The van der Waals surface area contributed by atoms with Crippen molar-refractivity contribution in [3.63, 3.8) is 0 Å². The molecule has 40 heavy (non-hydrogen) atoms. The topological polar surface area (TPSA) is 149 Å². The van der Waals surface area contributed by atoms with Crippen molar-refractivity contribution < 1.29 is 39.6 Å². The van der Waals surface area contributed by atoms with Crippen LogP contribution in [0.5, 0.6) is 0 Å². The number of hydrogen-bond acceptors (Lipinski definition) is 4. The van der Waals surface area contributed by atoms with Crippen molar-refractivity contribution in [2.45, 2.75) is 25.7 Å². The lowest BCUT2D eigenvalue weighted by Gasteiger charge is -2.13. The summed E-state index contributed by atoms with van der Waals surface area (Å²) in [5.41, 5.74) is 4.60. The second kappa shape index (κ2) is 13.0. The maximum atomic E-state index is 11.0. The van der Waals surface area contributed by atoms with Crippen LogP contribution >= 0.6 is 0 Å². The van der Waals surface area contributed by atoms with Crippen LogP contribution < -0.4 is 0 Å². The number of rotatable bonds is 8. The van der Waals surface area contributed by atoms with Gasteiger partial charge in [-0.1, -0.05) is 62.4 Å². The van der Waals surface area contributed by atoms with Crippen LogP contribution in [0.2, 0.25) is 0 Å². The molecule has 0 heterocycles. The lowest BCUT2D eigenvalue weighted by molar-refractivity contribution is 0.0686. The first-order valence-corrected chi connectivity index (χ1v) is 12.3. The molecule has 0 saturated heterocycles. The average Bonchev–Trinajstić information content (AvgIpc) is 2.97. The SMILES string of the molecule is CC(c1ccc(C(=O)O)cc1)c1ccc(C(=O)O)cc1.CC(c1cccc(C(=O)O)c1)c1cccc(C(=O)O)c1. The largest absolute Gasteiger partial charge is 0.478 e. The van der Waals surface area contributed by atoms with E-state index in [1.54, 1.807) is 72.8 Å². The highest BCUT2D eigenvalue weighted by molar-refractivity contribution is 5.89. The van der Waals surface area contributed by atoms with Gasteiger partial charge in [-0.3, -0.25) is 0 Å². The maximum absolute atomic E-state index is 11.0. The van der Waals surface area contributed by atoms with E-state index < -0.39 is 23.9 Å². The number of carbonyl (C=O) groups is 4. The molecule has 8 heteroatoms. The molecular weight excluding hydrogens is 512 g/mol. The first kappa shape index (κ1) is 29.3. The third-order valence-corrected chi connectivity index (χ3v) is 6.58. The van der Waals surface area contributed by atoms with Gasteiger partial charge in [-0.25, -0.2) is 19.2 Å². The van der Waals surface area contributed by atoms with Gasteiger partial charge in [0.15, 0.2) is 0 Å². The van der Waals surface area contributed by atoms with Gasteiger partial charge >= 0.3 is 23.9 Å². The van der Waals surface area contributed by atoms with Crippen molar-refractivity contribution in [1.29, 1.82) is 0 Å². The molecule has 0 aliphatic carbocycles. The van der Waals surface area contributed by atoms with Crippen LogP contribution in [0, 0.1) is 0 Å². The Morgan fingerprint density at radius 1 is 0.425 bits per heavy atom. The zero-order valence-corrected chi connectivity index (χ0v) is 21.8. The summed E-state index contributed by atoms with van der Waals surface area (Å²) in [6, 6.07) is 26.7. The van der Waals surface area contributed by atoms with E-state index in [0.717, 1.165) is 22.3 Å². The monoisotopic (exact) mass is 540 g/mol. The second-order valence-electron chi connectivity index (χ2n) is 9.16. The zero-order chi connectivity index (χ0) is 29.4. The van der Waals surface area contributed by atoms with E-state index in [-0.39, 0.29) is 34.1 Å². The van der Waals surface area contributed by atoms with Crippen LogP contribution in [0.1, 0.15) is 89.4 Å².